The molecule has 4 atom stereocenters. The molecule has 3 aromatic rings. The zero-order valence-electron chi connectivity index (χ0n) is 20.2. The fourth-order valence-electron chi connectivity index (χ4n) is 5.38. The van der Waals surface area contributed by atoms with E-state index in [0.717, 1.165) is 36.1 Å². The fourth-order valence-corrected chi connectivity index (χ4v) is 5.70. The van der Waals surface area contributed by atoms with Gasteiger partial charge < -0.3 is 10.0 Å². The summed E-state index contributed by atoms with van der Waals surface area (Å²) >= 11 is 12.6. The average molecular weight is 525 g/mol. The van der Waals surface area contributed by atoms with Crippen LogP contribution in [0, 0.1) is 5.92 Å². The SMILES string of the molecule is CCC(CCc1ccccn1)N1C(=O)C(CC(=O)O)CC(c2cccc(Cl)c2)C1c1ccc(Cl)cc1. The largest absolute Gasteiger partial charge is 0.481 e. The number of aromatic nitrogens is 1. The Hall–Kier alpha value is -2.89. The van der Waals surface area contributed by atoms with Crippen molar-refractivity contribution in [2.45, 2.75) is 57.0 Å². The van der Waals surface area contributed by atoms with E-state index >= 15 is 0 Å². The minimum Gasteiger partial charge on any atom is -0.481 e. The molecule has 7 heteroatoms. The zero-order chi connectivity index (χ0) is 25.7. The maximum atomic E-state index is 14.0. The first-order valence-corrected chi connectivity index (χ1v) is 13.1. The van der Waals surface area contributed by atoms with Crippen molar-refractivity contribution in [3.8, 4) is 0 Å². The Balaban J connectivity index is 1.79. The summed E-state index contributed by atoms with van der Waals surface area (Å²) in [4.78, 5) is 32.1. The van der Waals surface area contributed by atoms with Gasteiger partial charge in [0.2, 0.25) is 5.91 Å². The summed E-state index contributed by atoms with van der Waals surface area (Å²) in [7, 11) is 0. The van der Waals surface area contributed by atoms with Crippen LogP contribution >= 0.6 is 23.2 Å². The highest BCUT2D eigenvalue weighted by Crippen LogP contribution is 2.48. The first-order chi connectivity index (χ1) is 17.4. The third-order valence-corrected chi connectivity index (χ3v) is 7.54. The molecule has 1 fully saturated rings. The molecule has 2 heterocycles. The van der Waals surface area contributed by atoms with E-state index in [1.807, 2.05) is 71.6 Å². The number of nitrogens with zero attached hydrogens (tertiary/aromatic N) is 2. The van der Waals surface area contributed by atoms with E-state index in [1.165, 1.54) is 0 Å². The van der Waals surface area contributed by atoms with Crippen LogP contribution in [0.3, 0.4) is 0 Å². The number of benzene rings is 2. The van der Waals surface area contributed by atoms with Crippen LogP contribution in [0.1, 0.15) is 61.4 Å². The molecule has 1 aromatic heterocycles. The van der Waals surface area contributed by atoms with E-state index < -0.39 is 11.9 Å². The van der Waals surface area contributed by atoms with Crippen molar-refractivity contribution in [2.24, 2.45) is 5.92 Å². The number of halogens is 2. The highest BCUT2D eigenvalue weighted by atomic mass is 35.5. The van der Waals surface area contributed by atoms with Crippen LogP contribution in [0.25, 0.3) is 0 Å². The molecule has 0 saturated carbocycles. The molecule has 2 aromatic carbocycles. The van der Waals surface area contributed by atoms with E-state index in [-0.39, 0.29) is 30.3 Å². The van der Waals surface area contributed by atoms with E-state index in [9.17, 15) is 14.7 Å². The normalized spacial score (nSPS) is 20.8. The maximum Gasteiger partial charge on any atom is 0.304 e. The second kappa shape index (κ2) is 11.9. The highest BCUT2D eigenvalue weighted by Gasteiger charge is 2.45. The standard InChI is InChI=1S/C29H30Cl2N2O3/c1-2-25(14-13-24-8-3-4-15-32-24)33-28(19-9-11-22(30)12-10-19)26(20-6-5-7-23(31)16-20)17-21(29(33)36)18-27(34)35/h3-12,15-16,21,25-26,28H,2,13-14,17-18H2,1H3,(H,34,35). The lowest BCUT2D eigenvalue weighted by Crippen LogP contribution is -2.52. The number of pyridine rings is 1. The fraction of sp³-hybridized carbons (Fsp3) is 0.345. The molecule has 4 unspecified atom stereocenters. The summed E-state index contributed by atoms with van der Waals surface area (Å²) in [5, 5.41) is 10.9. The van der Waals surface area contributed by atoms with Gasteiger partial charge in [0.1, 0.15) is 0 Å². The van der Waals surface area contributed by atoms with E-state index in [4.69, 9.17) is 23.2 Å². The minimum atomic E-state index is -0.968. The third kappa shape index (κ3) is 6.08. The Morgan fingerprint density at radius 2 is 1.83 bits per heavy atom. The average Bonchev–Trinajstić information content (AvgIpc) is 2.87. The number of carboxylic acid groups (broad SMARTS) is 1. The van der Waals surface area contributed by atoms with Gasteiger partial charge >= 0.3 is 5.97 Å². The van der Waals surface area contributed by atoms with Gasteiger partial charge in [-0.15, -0.1) is 0 Å². The van der Waals surface area contributed by atoms with E-state index in [0.29, 0.717) is 16.5 Å². The smallest absolute Gasteiger partial charge is 0.304 e. The van der Waals surface area contributed by atoms with Crippen molar-refractivity contribution in [3.63, 3.8) is 0 Å². The molecule has 188 valence electrons. The van der Waals surface area contributed by atoms with Gasteiger partial charge in [0.05, 0.1) is 12.5 Å². The van der Waals surface area contributed by atoms with Gasteiger partial charge in [-0.25, -0.2) is 0 Å². The van der Waals surface area contributed by atoms with Crippen molar-refractivity contribution in [1.82, 2.24) is 9.88 Å². The van der Waals surface area contributed by atoms with Crippen LogP contribution in [0.4, 0.5) is 0 Å². The van der Waals surface area contributed by atoms with Crippen molar-refractivity contribution >= 4 is 35.1 Å². The second-order valence-electron chi connectivity index (χ2n) is 9.36. The molecule has 1 aliphatic rings. The van der Waals surface area contributed by atoms with Gasteiger partial charge in [-0.05, 0) is 73.2 Å². The number of hydrogen-bond acceptors (Lipinski definition) is 3. The lowest BCUT2D eigenvalue weighted by Gasteiger charge is -2.48. The summed E-state index contributed by atoms with van der Waals surface area (Å²) in [6, 6.07) is 20.8. The number of aliphatic carboxylic acids is 1. The molecule has 0 bridgehead atoms. The number of carbonyl (C=O) groups is 2. The van der Waals surface area contributed by atoms with Crippen molar-refractivity contribution < 1.29 is 14.7 Å². The van der Waals surface area contributed by atoms with Crippen LogP contribution in [-0.4, -0.2) is 32.9 Å². The molecule has 36 heavy (non-hydrogen) atoms. The van der Waals surface area contributed by atoms with Gasteiger partial charge in [0.25, 0.3) is 0 Å². The van der Waals surface area contributed by atoms with Crippen LogP contribution in [0.2, 0.25) is 10.0 Å². The number of rotatable bonds is 9. The number of carboxylic acids is 1. The molecule has 1 N–H and O–H groups in total. The van der Waals surface area contributed by atoms with Gasteiger partial charge in [0.15, 0.2) is 0 Å². The first-order valence-electron chi connectivity index (χ1n) is 12.3. The minimum absolute atomic E-state index is 0.0848. The number of amides is 1. The van der Waals surface area contributed by atoms with Gasteiger partial charge in [-0.3, -0.25) is 14.6 Å². The summed E-state index contributed by atoms with van der Waals surface area (Å²) < 4.78 is 0. The number of aryl methyl sites for hydroxylation is 1. The highest BCUT2D eigenvalue weighted by molar-refractivity contribution is 6.30. The van der Waals surface area contributed by atoms with Crippen molar-refractivity contribution in [1.29, 1.82) is 0 Å². The molecular formula is C29H30Cl2N2O3. The number of piperidine rings is 1. The molecule has 1 saturated heterocycles. The zero-order valence-corrected chi connectivity index (χ0v) is 21.7. The van der Waals surface area contributed by atoms with Gasteiger partial charge in [-0.2, -0.15) is 0 Å². The summed E-state index contributed by atoms with van der Waals surface area (Å²) in [6.07, 6.45) is 4.21. The predicted octanol–water partition coefficient (Wildman–Crippen LogP) is 6.95. The number of likely N-dealkylation sites (tertiary alicyclic amines) is 1. The Labute approximate surface area is 222 Å². The number of carbonyl (C=O) groups excluding carboxylic acids is 1. The molecule has 0 spiro atoms. The van der Waals surface area contributed by atoms with Gasteiger partial charge in [-0.1, -0.05) is 60.5 Å². The Morgan fingerprint density at radius 1 is 1.06 bits per heavy atom. The second-order valence-corrected chi connectivity index (χ2v) is 10.2. The van der Waals surface area contributed by atoms with E-state index in [1.54, 1.807) is 6.20 Å². The first kappa shape index (κ1) is 26.2. The molecule has 1 amide bonds. The van der Waals surface area contributed by atoms with Crippen LogP contribution in [0.15, 0.2) is 72.9 Å². The van der Waals surface area contributed by atoms with Gasteiger partial charge in [0, 0.05) is 39.8 Å². The molecule has 5 nitrogen and oxygen atoms in total. The lowest BCUT2D eigenvalue weighted by atomic mass is 9.74. The van der Waals surface area contributed by atoms with Crippen molar-refractivity contribution in [3.05, 3.63) is 99.8 Å². The maximum absolute atomic E-state index is 14.0. The monoisotopic (exact) mass is 524 g/mol. The number of hydrogen-bond donors (Lipinski definition) is 1. The quantitative estimate of drug-likeness (QED) is 0.328. The van der Waals surface area contributed by atoms with Crippen LogP contribution in [0.5, 0.6) is 0 Å². The summed E-state index contributed by atoms with van der Waals surface area (Å²) in [6.45, 7) is 2.07. The molecule has 0 aliphatic carbocycles. The topological polar surface area (TPSA) is 70.5 Å². The predicted molar refractivity (Wildman–Crippen MR) is 142 cm³/mol. The van der Waals surface area contributed by atoms with Crippen LogP contribution < -0.4 is 0 Å². The third-order valence-electron chi connectivity index (χ3n) is 7.06. The Kier molecular flexibility index (Phi) is 8.65. The Morgan fingerprint density at radius 3 is 2.47 bits per heavy atom. The summed E-state index contributed by atoms with van der Waals surface area (Å²) in [5.74, 6) is -1.80. The Bertz CT molecular complexity index is 1190. The molecule has 4 rings (SSSR count). The molecular weight excluding hydrogens is 495 g/mol. The van der Waals surface area contributed by atoms with E-state index in [2.05, 4.69) is 11.9 Å². The molecule has 0 radical (unpaired) electrons. The van der Waals surface area contributed by atoms with Crippen LogP contribution in [-0.2, 0) is 16.0 Å². The molecule has 1 aliphatic heterocycles. The van der Waals surface area contributed by atoms with Crippen molar-refractivity contribution in [2.75, 3.05) is 0 Å². The lowest BCUT2D eigenvalue weighted by molar-refractivity contribution is -0.152. The summed E-state index contributed by atoms with van der Waals surface area (Å²) in [5.41, 5.74) is 2.94.